The number of hydrogen-bond donors (Lipinski definition) is 2. The van der Waals surface area contributed by atoms with Crippen LogP contribution in [-0.4, -0.2) is 25.0 Å². The number of rotatable bonds is 7. The number of benzene rings is 2. The number of anilines is 2. The molecule has 0 bridgehead atoms. The fourth-order valence-corrected chi connectivity index (χ4v) is 3.01. The summed E-state index contributed by atoms with van der Waals surface area (Å²) in [5.41, 5.74) is 1.05. The van der Waals surface area contributed by atoms with Gasteiger partial charge in [0.05, 0.1) is 24.6 Å². The zero-order valence-corrected chi connectivity index (χ0v) is 16.7. The number of methoxy groups -OCH3 is 1. The molecule has 0 heterocycles. The standard InChI is InChI=1S/C22H26N2O4/c1-14(2)28-19-8-6-5-7-16(19)23-20(25)22(11-12-22)21(26)24-17-13-15(3)9-10-18(17)27-4/h5-10,13-14H,11-12H2,1-4H3,(H,23,25)(H,24,26). The molecule has 1 saturated carbocycles. The van der Waals surface area contributed by atoms with E-state index in [1.54, 1.807) is 25.3 Å². The summed E-state index contributed by atoms with van der Waals surface area (Å²) in [6.07, 6.45) is 0.989. The Hall–Kier alpha value is -3.02. The van der Waals surface area contributed by atoms with Gasteiger partial charge in [-0.05, 0) is 63.4 Å². The molecule has 2 aromatic carbocycles. The first kappa shape index (κ1) is 19.7. The SMILES string of the molecule is COc1ccc(C)cc1NC(=O)C1(C(=O)Nc2ccccc2OC(C)C)CC1. The van der Waals surface area contributed by atoms with E-state index in [-0.39, 0.29) is 17.9 Å². The van der Waals surface area contributed by atoms with Crippen molar-refractivity contribution in [2.24, 2.45) is 5.41 Å². The van der Waals surface area contributed by atoms with Gasteiger partial charge in [0, 0.05) is 0 Å². The Morgan fingerprint density at radius 1 is 0.964 bits per heavy atom. The van der Waals surface area contributed by atoms with E-state index in [0.29, 0.717) is 35.7 Å². The zero-order chi connectivity index (χ0) is 20.3. The van der Waals surface area contributed by atoms with Gasteiger partial charge in [-0.1, -0.05) is 18.2 Å². The van der Waals surface area contributed by atoms with Crippen molar-refractivity contribution < 1.29 is 19.1 Å². The molecule has 2 amide bonds. The summed E-state index contributed by atoms with van der Waals surface area (Å²) in [7, 11) is 1.55. The first-order valence-electron chi connectivity index (χ1n) is 9.39. The Bertz CT molecular complexity index is 888. The summed E-state index contributed by atoms with van der Waals surface area (Å²) in [5, 5.41) is 5.73. The minimum Gasteiger partial charge on any atom is -0.495 e. The summed E-state index contributed by atoms with van der Waals surface area (Å²) in [6, 6.07) is 12.8. The molecule has 0 aromatic heterocycles. The lowest BCUT2D eigenvalue weighted by atomic mass is 10.0. The minimum atomic E-state index is -1.07. The molecule has 28 heavy (non-hydrogen) atoms. The molecule has 0 aliphatic heterocycles. The van der Waals surface area contributed by atoms with Crippen molar-refractivity contribution in [3.8, 4) is 11.5 Å². The average molecular weight is 382 g/mol. The van der Waals surface area contributed by atoms with E-state index < -0.39 is 5.41 Å². The van der Waals surface area contributed by atoms with Gasteiger partial charge in [-0.25, -0.2) is 0 Å². The van der Waals surface area contributed by atoms with Gasteiger partial charge in [-0.3, -0.25) is 9.59 Å². The van der Waals surface area contributed by atoms with Crippen LogP contribution in [0.4, 0.5) is 11.4 Å². The van der Waals surface area contributed by atoms with Crippen LogP contribution in [0.5, 0.6) is 11.5 Å². The summed E-state index contributed by atoms with van der Waals surface area (Å²) < 4.78 is 11.1. The van der Waals surface area contributed by atoms with Gasteiger partial charge in [-0.2, -0.15) is 0 Å². The number of nitrogens with one attached hydrogen (secondary N) is 2. The Labute approximate surface area is 165 Å². The third kappa shape index (κ3) is 4.11. The molecule has 148 valence electrons. The van der Waals surface area contributed by atoms with Crippen molar-refractivity contribution in [1.29, 1.82) is 0 Å². The van der Waals surface area contributed by atoms with Gasteiger partial charge in [0.15, 0.2) is 0 Å². The predicted molar refractivity (Wildman–Crippen MR) is 109 cm³/mol. The monoisotopic (exact) mass is 382 g/mol. The first-order chi connectivity index (χ1) is 13.4. The fraction of sp³-hybridized carbons (Fsp3) is 0.364. The van der Waals surface area contributed by atoms with Gasteiger partial charge in [0.2, 0.25) is 11.8 Å². The summed E-state index contributed by atoms with van der Waals surface area (Å²) >= 11 is 0. The van der Waals surface area contributed by atoms with E-state index in [1.807, 2.05) is 45.0 Å². The van der Waals surface area contributed by atoms with Crippen LogP contribution in [0, 0.1) is 12.3 Å². The topological polar surface area (TPSA) is 76.7 Å². The second kappa shape index (κ2) is 7.92. The smallest absolute Gasteiger partial charge is 0.240 e. The average Bonchev–Trinajstić information content (AvgIpc) is 3.45. The quantitative estimate of drug-likeness (QED) is 0.706. The van der Waals surface area contributed by atoms with E-state index in [0.717, 1.165) is 5.56 Å². The number of aryl methyl sites for hydroxylation is 1. The van der Waals surface area contributed by atoms with Crippen LogP contribution in [-0.2, 0) is 9.59 Å². The number of carbonyl (C=O) groups is 2. The lowest BCUT2D eigenvalue weighted by Crippen LogP contribution is -2.35. The van der Waals surface area contributed by atoms with E-state index >= 15 is 0 Å². The van der Waals surface area contributed by atoms with Crippen LogP contribution >= 0.6 is 0 Å². The van der Waals surface area contributed by atoms with Crippen molar-refractivity contribution in [2.45, 2.75) is 39.7 Å². The molecule has 1 aliphatic carbocycles. The Kier molecular flexibility index (Phi) is 5.58. The Morgan fingerprint density at radius 2 is 1.61 bits per heavy atom. The number of hydrogen-bond acceptors (Lipinski definition) is 4. The van der Waals surface area contributed by atoms with Crippen LogP contribution < -0.4 is 20.1 Å². The molecule has 0 spiro atoms. The molecule has 2 N–H and O–H groups in total. The van der Waals surface area contributed by atoms with E-state index in [9.17, 15) is 9.59 Å². The van der Waals surface area contributed by atoms with Gasteiger partial charge < -0.3 is 20.1 Å². The molecule has 6 heteroatoms. The molecule has 1 aliphatic rings. The molecule has 0 radical (unpaired) electrons. The van der Waals surface area contributed by atoms with Crippen molar-refractivity contribution >= 4 is 23.2 Å². The van der Waals surface area contributed by atoms with Gasteiger partial charge >= 0.3 is 0 Å². The highest BCUT2D eigenvalue weighted by molar-refractivity contribution is 6.17. The third-order valence-electron chi connectivity index (χ3n) is 4.72. The van der Waals surface area contributed by atoms with Crippen LogP contribution in [0.15, 0.2) is 42.5 Å². The lowest BCUT2D eigenvalue weighted by Gasteiger charge is -2.19. The lowest BCUT2D eigenvalue weighted by molar-refractivity contribution is -0.131. The van der Waals surface area contributed by atoms with Crippen molar-refractivity contribution in [1.82, 2.24) is 0 Å². The second-order valence-corrected chi connectivity index (χ2v) is 7.36. The number of ether oxygens (including phenoxy) is 2. The van der Waals surface area contributed by atoms with Crippen molar-refractivity contribution in [3.05, 3.63) is 48.0 Å². The Balaban J connectivity index is 1.76. The maximum atomic E-state index is 12.9. The minimum absolute atomic E-state index is 0.0231. The van der Waals surface area contributed by atoms with Crippen molar-refractivity contribution in [2.75, 3.05) is 17.7 Å². The predicted octanol–water partition coefficient (Wildman–Crippen LogP) is 4.15. The third-order valence-corrected chi connectivity index (χ3v) is 4.72. The largest absolute Gasteiger partial charge is 0.495 e. The molecule has 0 atom stereocenters. The highest BCUT2D eigenvalue weighted by Crippen LogP contribution is 2.48. The van der Waals surface area contributed by atoms with Crippen molar-refractivity contribution in [3.63, 3.8) is 0 Å². The van der Waals surface area contributed by atoms with Crippen LogP contribution in [0.1, 0.15) is 32.3 Å². The molecular weight excluding hydrogens is 356 g/mol. The summed E-state index contributed by atoms with van der Waals surface area (Å²) in [6.45, 7) is 5.77. The first-order valence-corrected chi connectivity index (χ1v) is 9.39. The number of para-hydroxylation sites is 2. The fourth-order valence-electron chi connectivity index (χ4n) is 3.01. The second-order valence-electron chi connectivity index (χ2n) is 7.36. The number of amides is 2. The molecule has 6 nitrogen and oxygen atoms in total. The summed E-state index contributed by atoms with van der Waals surface area (Å²) in [5.74, 6) is 0.501. The van der Waals surface area contributed by atoms with Gasteiger partial charge in [0.25, 0.3) is 0 Å². The van der Waals surface area contributed by atoms with E-state index in [4.69, 9.17) is 9.47 Å². The molecule has 3 rings (SSSR count). The van der Waals surface area contributed by atoms with Crippen LogP contribution in [0.2, 0.25) is 0 Å². The van der Waals surface area contributed by atoms with E-state index in [1.165, 1.54) is 0 Å². The summed E-state index contributed by atoms with van der Waals surface area (Å²) in [4.78, 5) is 25.8. The number of carbonyl (C=O) groups excluding carboxylic acids is 2. The van der Waals surface area contributed by atoms with Gasteiger partial charge in [0.1, 0.15) is 16.9 Å². The molecule has 0 unspecified atom stereocenters. The van der Waals surface area contributed by atoms with Crippen LogP contribution in [0.3, 0.4) is 0 Å². The maximum absolute atomic E-state index is 12.9. The highest BCUT2D eigenvalue weighted by Gasteiger charge is 2.56. The molecule has 2 aromatic rings. The van der Waals surface area contributed by atoms with E-state index in [2.05, 4.69) is 10.6 Å². The van der Waals surface area contributed by atoms with Gasteiger partial charge in [-0.15, -0.1) is 0 Å². The van der Waals surface area contributed by atoms with Crippen LogP contribution in [0.25, 0.3) is 0 Å². The normalized spacial score (nSPS) is 14.3. The molecular formula is C22H26N2O4. The molecule has 0 saturated heterocycles. The molecule has 1 fully saturated rings. The zero-order valence-electron chi connectivity index (χ0n) is 16.7. The highest BCUT2D eigenvalue weighted by atomic mass is 16.5. The Morgan fingerprint density at radius 3 is 2.21 bits per heavy atom. The maximum Gasteiger partial charge on any atom is 0.240 e.